The predicted octanol–water partition coefficient (Wildman–Crippen LogP) is 4.00. The van der Waals surface area contributed by atoms with Gasteiger partial charge in [-0.25, -0.2) is 4.98 Å². The average Bonchev–Trinajstić information content (AvgIpc) is 2.94. The number of aromatic hydroxyl groups is 1. The van der Waals surface area contributed by atoms with Crippen molar-refractivity contribution in [2.75, 3.05) is 0 Å². The van der Waals surface area contributed by atoms with Crippen molar-refractivity contribution in [2.45, 2.75) is 0 Å². The van der Waals surface area contributed by atoms with Gasteiger partial charge in [0.25, 0.3) is 0 Å². The van der Waals surface area contributed by atoms with Gasteiger partial charge in [-0.1, -0.05) is 41.9 Å². The van der Waals surface area contributed by atoms with Gasteiger partial charge >= 0.3 is 0 Å². The fraction of sp³-hybridized carbons (Fsp3) is 0. The van der Waals surface area contributed by atoms with Crippen molar-refractivity contribution >= 4 is 23.8 Å². The van der Waals surface area contributed by atoms with E-state index in [-0.39, 0.29) is 5.75 Å². The zero-order chi connectivity index (χ0) is 14.7. The molecule has 0 unspecified atom stereocenters. The van der Waals surface area contributed by atoms with Crippen LogP contribution >= 0.6 is 11.6 Å². The van der Waals surface area contributed by atoms with Crippen molar-refractivity contribution in [3.05, 3.63) is 64.9 Å². The normalized spacial score (nSPS) is 11.1. The van der Waals surface area contributed by atoms with Gasteiger partial charge in [0.05, 0.1) is 5.56 Å². The summed E-state index contributed by atoms with van der Waals surface area (Å²) in [6, 6.07) is 14.5. The standard InChI is InChI=1S/C16H12ClN3O/c17-12-5-3-4-11(10-12)8-9-15-18-16(20-19-15)13-6-1-2-7-14(13)21/h1-10,21H,(H,18,19,20)/b9-8+. The first-order chi connectivity index (χ1) is 10.2. The number of hydrogen-bond acceptors (Lipinski definition) is 3. The van der Waals surface area contributed by atoms with Crippen LogP contribution in [0.4, 0.5) is 0 Å². The van der Waals surface area contributed by atoms with E-state index >= 15 is 0 Å². The molecule has 2 N–H and O–H groups in total. The molecule has 0 saturated heterocycles. The average molecular weight is 298 g/mol. The number of rotatable bonds is 3. The number of phenols is 1. The van der Waals surface area contributed by atoms with Gasteiger partial charge in [0, 0.05) is 5.02 Å². The maximum Gasteiger partial charge on any atom is 0.185 e. The summed E-state index contributed by atoms with van der Waals surface area (Å²) in [5, 5.41) is 17.4. The molecule has 0 spiro atoms. The number of phenolic OH excluding ortho intramolecular Hbond substituents is 1. The first kappa shape index (κ1) is 13.4. The number of nitrogens with one attached hydrogen (secondary N) is 1. The van der Waals surface area contributed by atoms with E-state index in [1.54, 1.807) is 18.2 Å². The molecule has 4 nitrogen and oxygen atoms in total. The molecule has 5 heteroatoms. The topological polar surface area (TPSA) is 61.8 Å². The molecule has 0 aliphatic carbocycles. The van der Waals surface area contributed by atoms with Crippen molar-refractivity contribution in [3.8, 4) is 17.1 Å². The van der Waals surface area contributed by atoms with Crippen LogP contribution in [0, 0.1) is 0 Å². The number of para-hydroxylation sites is 1. The minimum Gasteiger partial charge on any atom is -0.507 e. The van der Waals surface area contributed by atoms with Crippen LogP contribution in [-0.4, -0.2) is 20.3 Å². The Balaban J connectivity index is 1.84. The van der Waals surface area contributed by atoms with Crippen LogP contribution in [-0.2, 0) is 0 Å². The highest BCUT2D eigenvalue weighted by atomic mass is 35.5. The van der Waals surface area contributed by atoms with E-state index in [0.717, 1.165) is 5.56 Å². The zero-order valence-electron chi connectivity index (χ0n) is 11.0. The zero-order valence-corrected chi connectivity index (χ0v) is 11.7. The third-order valence-corrected chi connectivity index (χ3v) is 3.17. The molecule has 0 fully saturated rings. The number of aromatic amines is 1. The van der Waals surface area contributed by atoms with Crippen LogP contribution in [0.3, 0.4) is 0 Å². The number of aromatic nitrogens is 3. The lowest BCUT2D eigenvalue weighted by molar-refractivity contribution is 0.477. The van der Waals surface area contributed by atoms with E-state index in [2.05, 4.69) is 15.2 Å². The molecule has 0 saturated carbocycles. The first-order valence-corrected chi connectivity index (χ1v) is 6.74. The van der Waals surface area contributed by atoms with E-state index in [1.165, 1.54) is 0 Å². The lowest BCUT2D eigenvalue weighted by Crippen LogP contribution is -1.81. The lowest BCUT2D eigenvalue weighted by atomic mass is 10.2. The first-order valence-electron chi connectivity index (χ1n) is 6.37. The lowest BCUT2D eigenvalue weighted by Gasteiger charge is -1.97. The maximum atomic E-state index is 9.79. The summed E-state index contributed by atoms with van der Waals surface area (Å²) in [6.07, 6.45) is 3.70. The number of nitrogens with zero attached hydrogens (tertiary/aromatic N) is 2. The van der Waals surface area contributed by atoms with Crippen LogP contribution in [0.25, 0.3) is 23.5 Å². The summed E-state index contributed by atoms with van der Waals surface area (Å²) in [5.41, 5.74) is 1.57. The molecule has 0 atom stereocenters. The molecule has 0 amide bonds. The maximum absolute atomic E-state index is 9.79. The van der Waals surface area contributed by atoms with Crippen LogP contribution in [0.2, 0.25) is 5.02 Å². The Bertz CT molecular complexity index is 795. The number of halogens is 1. The van der Waals surface area contributed by atoms with Crippen molar-refractivity contribution < 1.29 is 5.11 Å². The highest BCUT2D eigenvalue weighted by Crippen LogP contribution is 2.25. The Morgan fingerprint density at radius 1 is 1.05 bits per heavy atom. The van der Waals surface area contributed by atoms with Gasteiger partial charge in [0.15, 0.2) is 5.82 Å². The monoisotopic (exact) mass is 297 g/mol. The molecule has 104 valence electrons. The van der Waals surface area contributed by atoms with E-state index in [4.69, 9.17) is 11.6 Å². The molecule has 21 heavy (non-hydrogen) atoms. The Hall–Kier alpha value is -2.59. The van der Waals surface area contributed by atoms with Gasteiger partial charge in [-0.3, -0.25) is 5.10 Å². The van der Waals surface area contributed by atoms with Gasteiger partial charge in [0.2, 0.25) is 0 Å². The second kappa shape index (κ2) is 5.81. The second-order valence-electron chi connectivity index (χ2n) is 4.45. The Labute approximate surface area is 126 Å². The van der Waals surface area contributed by atoms with E-state index in [0.29, 0.717) is 22.2 Å². The molecule has 2 aromatic carbocycles. The number of H-pyrrole nitrogens is 1. The van der Waals surface area contributed by atoms with Gasteiger partial charge in [-0.15, -0.1) is 0 Å². The molecule has 0 radical (unpaired) electrons. The summed E-state index contributed by atoms with van der Waals surface area (Å²) in [7, 11) is 0. The molecule has 1 heterocycles. The van der Waals surface area contributed by atoms with E-state index in [1.807, 2.05) is 42.5 Å². The largest absolute Gasteiger partial charge is 0.507 e. The number of benzene rings is 2. The molecule has 3 rings (SSSR count). The smallest absolute Gasteiger partial charge is 0.185 e. The fourth-order valence-electron chi connectivity index (χ4n) is 1.92. The molecular weight excluding hydrogens is 286 g/mol. The van der Waals surface area contributed by atoms with E-state index < -0.39 is 0 Å². The van der Waals surface area contributed by atoms with Crippen molar-refractivity contribution in [1.29, 1.82) is 0 Å². The van der Waals surface area contributed by atoms with Gasteiger partial charge in [-0.05, 0) is 35.9 Å². The highest BCUT2D eigenvalue weighted by Gasteiger charge is 2.08. The van der Waals surface area contributed by atoms with Crippen molar-refractivity contribution in [3.63, 3.8) is 0 Å². The van der Waals surface area contributed by atoms with Crippen LogP contribution < -0.4 is 0 Å². The van der Waals surface area contributed by atoms with Gasteiger partial charge in [0.1, 0.15) is 11.6 Å². The minimum absolute atomic E-state index is 0.155. The van der Waals surface area contributed by atoms with Crippen molar-refractivity contribution in [2.24, 2.45) is 0 Å². The summed E-state index contributed by atoms with van der Waals surface area (Å²) in [5.74, 6) is 1.22. The predicted molar refractivity (Wildman–Crippen MR) is 83.9 cm³/mol. The van der Waals surface area contributed by atoms with Crippen LogP contribution in [0.15, 0.2) is 48.5 Å². The van der Waals surface area contributed by atoms with Crippen LogP contribution in [0.5, 0.6) is 5.75 Å². The fourth-order valence-corrected chi connectivity index (χ4v) is 2.12. The third-order valence-electron chi connectivity index (χ3n) is 2.93. The Kier molecular flexibility index (Phi) is 3.71. The molecule has 1 aromatic heterocycles. The molecular formula is C16H12ClN3O. The van der Waals surface area contributed by atoms with Gasteiger partial charge in [-0.2, -0.15) is 5.10 Å². The molecule has 0 aliphatic heterocycles. The quantitative estimate of drug-likeness (QED) is 0.768. The SMILES string of the molecule is Oc1ccccc1-c1n[nH]c(/C=C/c2cccc(Cl)c2)n1. The Morgan fingerprint density at radius 3 is 2.71 bits per heavy atom. The molecule has 0 bridgehead atoms. The minimum atomic E-state index is 0.155. The van der Waals surface area contributed by atoms with Crippen LogP contribution in [0.1, 0.15) is 11.4 Å². The summed E-state index contributed by atoms with van der Waals surface area (Å²) in [6.45, 7) is 0. The summed E-state index contributed by atoms with van der Waals surface area (Å²) in [4.78, 5) is 4.33. The summed E-state index contributed by atoms with van der Waals surface area (Å²) >= 11 is 5.93. The third kappa shape index (κ3) is 3.12. The molecule has 3 aromatic rings. The van der Waals surface area contributed by atoms with Gasteiger partial charge < -0.3 is 5.11 Å². The number of hydrogen-bond donors (Lipinski definition) is 2. The highest BCUT2D eigenvalue weighted by molar-refractivity contribution is 6.30. The van der Waals surface area contributed by atoms with E-state index in [9.17, 15) is 5.11 Å². The summed E-state index contributed by atoms with van der Waals surface area (Å²) < 4.78 is 0. The second-order valence-corrected chi connectivity index (χ2v) is 4.89. The Morgan fingerprint density at radius 2 is 1.90 bits per heavy atom. The van der Waals surface area contributed by atoms with Crippen molar-refractivity contribution in [1.82, 2.24) is 15.2 Å². The molecule has 0 aliphatic rings.